The Bertz CT molecular complexity index is 933. The minimum atomic E-state index is -1.26. The van der Waals surface area contributed by atoms with E-state index in [9.17, 15) is 23.9 Å². The minimum Gasteiger partial charge on any atom is -0.478 e. The molecule has 0 fully saturated rings. The van der Waals surface area contributed by atoms with E-state index in [1.807, 2.05) is 19.0 Å². The Morgan fingerprint density at radius 3 is 2.37 bits per heavy atom. The molecule has 2 aromatic carbocycles. The number of rotatable bonds is 9. The van der Waals surface area contributed by atoms with Gasteiger partial charge < -0.3 is 25.5 Å². The van der Waals surface area contributed by atoms with Gasteiger partial charge in [-0.15, -0.1) is 0 Å². The number of halogens is 1. The van der Waals surface area contributed by atoms with Crippen molar-refractivity contribution < 1.29 is 23.9 Å². The van der Waals surface area contributed by atoms with Gasteiger partial charge in [0, 0.05) is 25.8 Å². The van der Waals surface area contributed by atoms with Crippen LogP contribution in [0.15, 0.2) is 42.5 Å². The molecule has 0 aromatic heterocycles. The zero-order chi connectivity index (χ0) is 22.3. The monoisotopic (exact) mass is 416 g/mol. The number of aromatic carboxylic acids is 1. The Morgan fingerprint density at radius 2 is 1.73 bits per heavy atom. The fourth-order valence-corrected chi connectivity index (χ4v) is 2.67. The summed E-state index contributed by atoms with van der Waals surface area (Å²) in [5.74, 6) is -2.92. The summed E-state index contributed by atoms with van der Waals surface area (Å²) < 4.78 is 13.8. The summed E-state index contributed by atoms with van der Waals surface area (Å²) >= 11 is 0. The van der Waals surface area contributed by atoms with Crippen LogP contribution in [0.2, 0.25) is 0 Å². The number of benzene rings is 2. The average molecular weight is 416 g/mol. The fourth-order valence-electron chi connectivity index (χ4n) is 2.67. The molecule has 0 aliphatic carbocycles. The molecule has 9 heteroatoms. The van der Waals surface area contributed by atoms with Crippen LogP contribution in [-0.2, 0) is 4.79 Å². The van der Waals surface area contributed by atoms with Gasteiger partial charge in [0.2, 0.25) is 5.91 Å². The van der Waals surface area contributed by atoms with Crippen LogP contribution >= 0.6 is 0 Å². The lowest BCUT2D eigenvalue weighted by molar-refractivity contribution is -0.119. The first-order valence-corrected chi connectivity index (χ1v) is 9.25. The number of carboxylic acid groups (broad SMARTS) is 1. The van der Waals surface area contributed by atoms with Crippen LogP contribution in [0.25, 0.3) is 0 Å². The molecule has 160 valence electrons. The van der Waals surface area contributed by atoms with Crippen molar-refractivity contribution in [1.29, 1.82) is 0 Å². The lowest BCUT2D eigenvalue weighted by Crippen LogP contribution is -2.38. The molecular weight excluding hydrogens is 391 g/mol. The number of hydrogen-bond donors (Lipinski definition) is 3. The number of hydrogen-bond acceptors (Lipinski definition) is 5. The van der Waals surface area contributed by atoms with E-state index >= 15 is 0 Å². The summed E-state index contributed by atoms with van der Waals surface area (Å²) in [7, 11) is 5.46. The number of amides is 2. The number of nitrogens with zero attached hydrogens (tertiary/aromatic N) is 2. The lowest BCUT2D eigenvalue weighted by atomic mass is 10.1. The molecule has 2 amide bonds. The van der Waals surface area contributed by atoms with Crippen molar-refractivity contribution in [3.8, 4) is 0 Å². The molecule has 2 aromatic rings. The predicted molar refractivity (Wildman–Crippen MR) is 113 cm³/mol. The summed E-state index contributed by atoms with van der Waals surface area (Å²) in [4.78, 5) is 39.6. The highest BCUT2D eigenvalue weighted by Gasteiger charge is 2.18. The Hall–Kier alpha value is -3.46. The van der Waals surface area contributed by atoms with Gasteiger partial charge in [-0.05, 0) is 44.4 Å². The zero-order valence-electron chi connectivity index (χ0n) is 17.1. The third-order valence-corrected chi connectivity index (χ3v) is 4.30. The minimum absolute atomic E-state index is 0.0309. The third kappa shape index (κ3) is 6.28. The number of carbonyl (C=O) groups excluding carboxylic acids is 2. The predicted octanol–water partition coefficient (Wildman–Crippen LogP) is 1.89. The van der Waals surface area contributed by atoms with Crippen molar-refractivity contribution in [3.05, 3.63) is 59.4 Å². The molecule has 0 unspecified atom stereocenters. The summed E-state index contributed by atoms with van der Waals surface area (Å²) in [6.45, 7) is 1.24. The SMILES string of the molecule is CN(C)CCNC(=O)CN(C)c1ccc(NC(=O)c2ccccc2F)c(C(=O)O)c1. The van der Waals surface area contributed by atoms with Crippen LogP contribution in [0.5, 0.6) is 0 Å². The largest absolute Gasteiger partial charge is 0.478 e. The molecule has 0 saturated heterocycles. The van der Waals surface area contributed by atoms with Crippen molar-refractivity contribution in [2.24, 2.45) is 0 Å². The van der Waals surface area contributed by atoms with E-state index in [1.165, 1.54) is 30.3 Å². The Kier molecular flexibility index (Phi) is 7.88. The molecule has 0 aliphatic heterocycles. The summed E-state index contributed by atoms with van der Waals surface area (Å²) in [6, 6.07) is 9.77. The zero-order valence-corrected chi connectivity index (χ0v) is 17.1. The molecule has 0 heterocycles. The van der Waals surface area contributed by atoms with Crippen molar-refractivity contribution in [2.75, 3.05) is 51.0 Å². The topological polar surface area (TPSA) is 102 Å². The molecule has 2 rings (SSSR count). The number of nitrogens with one attached hydrogen (secondary N) is 2. The second-order valence-corrected chi connectivity index (χ2v) is 6.98. The molecule has 0 spiro atoms. The molecule has 0 saturated carbocycles. The standard InChI is InChI=1S/C21H25FN4O4/c1-25(2)11-10-23-19(27)13-26(3)14-8-9-18(16(12-14)21(29)30)24-20(28)15-6-4-5-7-17(15)22/h4-9,12H,10-11,13H2,1-3H3,(H,23,27)(H,24,28)(H,29,30). The van der Waals surface area contributed by atoms with Gasteiger partial charge in [0.25, 0.3) is 5.91 Å². The molecule has 0 radical (unpaired) electrons. The molecule has 8 nitrogen and oxygen atoms in total. The van der Waals surface area contributed by atoms with Crippen LogP contribution < -0.4 is 15.5 Å². The Labute approximate surface area is 174 Å². The molecule has 0 atom stereocenters. The second-order valence-electron chi connectivity index (χ2n) is 6.98. The maximum atomic E-state index is 13.8. The summed E-state index contributed by atoms with van der Waals surface area (Å²) in [5.41, 5.74) is 0.156. The normalized spacial score (nSPS) is 10.6. The van der Waals surface area contributed by atoms with E-state index in [1.54, 1.807) is 18.0 Å². The van der Waals surface area contributed by atoms with E-state index in [-0.39, 0.29) is 29.3 Å². The maximum Gasteiger partial charge on any atom is 0.337 e. The highest BCUT2D eigenvalue weighted by Crippen LogP contribution is 2.24. The Morgan fingerprint density at radius 1 is 1.03 bits per heavy atom. The van der Waals surface area contributed by atoms with Crippen LogP contribution in [-0.4, -0.2) is 68.6 Å². The van der Waals surface area contributed by atoms with Gasteiger partial charge in [0.15, 0.2) is 0 Å². The number of carboxylic acids is 1. The van der Waals surface area contributed by atoms with Crippen molar-refractivity contribution >= 4 is 29.2 Å². The summed E-state index contributed by atoms with van der Waals surface area (Å²) in [6.07, 6.45) is 0. The first-order chi connectivity index (χ1) is 14.2. The first-order valence-electron chi connectivity index (χ1n) is 9.25. The van der Waals surface area contributed by atoms with Crippen molar-refractivity contribution in [2.45, 2.75) is 0 Å². The third-order valence-electron chi connectivity index (χ3n) is 4.30. The van der Waals surface area contributed by atoms with Gasteiger partial charge in [-0.2, -0.15) is 0 Å². The van der Waals surface area contributed by atoms with Crippen LogP contribution in [0, 0.1) is 5.82 Å². The van der Waals surface area contributed by atoms with E-state index in [4.69, 9.17) is 0 Å². The quantitative estimate of drug-likeness (QED) is 0.577. The van der Waals surface area contributed by atoms with Gasteiger partial charge in [-0.25, -0.2) is 9.18 Å². The first kappa shape index (κ1) is 22.8. The highest BCUT2D eigenvalue weighted by molar-refractivity contribution is 6.08. The van der Waals surface area contributed by atoms with Crippen molar-refractivity contribution in [1.82, 2.24) is 10.2 Å². The Balaban J connectivity index is 2.12. The fraction of sp³-hybridized carbons (Fsp3) is 0.286. The molecule has 0 bridgehead atoms. The van der Waals surface area contributed by atoms with Crippen LogP contribution in [0.4, 0.5) is 15.8 Å². The van der Waals surface area contributed by atoms with Gasteiger partial charge >= 0.3 is 5.97 Å². The lowest BCUT2D eigenvalue weighted by Gasteiger charge is -2.20. The maximum absolute atomic E-state index is 13.8. The van der Waals surface area contributed by atoms with Gasteiger partial charge in [0.1, 0.15) is 5.82 Å². The average Bonchev–Trinajstić information content (AvgIpc) is 2.67. The highest BCUT2D eigenvalue weighted by atomic mass is 19.1. The van der Waals surface area contributed by atoms with Gasteiger partial charge in [-0.3, -0.25) is 9.59 Å². The van der Waals surface area contributed by atoms with E-state index in [2.05, 4.69) is 10.6 Å². The van der Waals surface area contributed by atoms with Crippen LogP contribution in [0.3, 0.4) is 0 Å². The number of likely N-dealkylation sites (N-methyl/N-ethyl adjacent to an activating group) is 2. The molecular formula is C21H25FN4O4. The molecule has 30 heavy (non-hydrogen) atoms. The smallest absolute Gasteiger partial charge is 0.337 e. The van der Waals surface area contributed by atoms with E-state index < -0.39 is 17.7 Å². The second kappa shape index (κ2) is 10.4. The molecule has 3 N–H and O–H groups in total. The summed E-state index contributed by atoms with van der Waals surface area (Å²) in [5, 5.41) is 14.7. The van der Waals surface area contributed by atoms with E-state index in [0.717, 1.165) is 6.07 Å². The number of anilines is 2. The van der Waals surface area contributed by atoms with Gasteiger partial charge in [-0.1, -0.05) is 12.1 Å². The van der Waals surface area contributed by atoms with Gasteiger partial charge in [0.05, 0.1) is 23.4 Å². The van der Waals surface area contributed by atoms with E-state index in [0.29, 0.717) is 18.8 Å². The van der Waals surface area contributed by atoms with Crippen molar-refractivity contribution in [3.63, 3.8) is 0 Å². The number of carbonyl (C=O) groups is 3. The molecule has 0 aliphatic rings. The van der Waals surface area contributed by atoms with Crippen LogP contribution in [0.1, 0.15) is 20.7 Å².